The summed E-state index contributed by atoms with van der Waals surface area (Å²) in [7, 11) is 0. The van der Waals surface area contributed by atoms with Gasteiger partial charge < -0.3 is 10.4 Å². The van der Waals surface area contributed by atoms with E-state index in [9.17, 15) is 14.7 Å². The Hall–Kier alpha value is -3.38. The van der Waals surface area contributed by atoms with Crippen molar-refractivity contribution in [3.05, 3.63) is 89.2 Å². The number of carboxylic acid groups (broad SMARTS) is 1. The molecule has 2 aromatic carbocycles. The van der Waals surface area contributed by atoms with Gasteiger partial charge >= 0.3 is 5.97 Å². The van der Waals surface area contributed by atoms with Crippen molar-refractivity contribution in [1.29, 1.82) is 0 Å². The van der Waals surface area contributed by atoms with E-state index in [2.05, 4.69) is 36.5 Å². The maximum absolute atomic E-state index is 12.6. The molecule has 182 valence electrons. The summed E-state index contributed by atoms with van der Waals surface area (Å²) in [5, 5.41) is 12.4. The average Bonchev–Trinajstić information content (AvgIpc) is 2.86. The number of nitrogens with one attached hydrogen (secondary N) is 1. The van der Waals surface area contributed by atoms with Gasteiger partial charge in [0.1, 0.15) is 0 Å². The number of thioether (sulfide) groups is 1. The molecule has 1 amide bonds. The van der Waals surface area contributed by atoms with Gasteiger partial charge in [0, 0.05) is 22.8 Å². The highest BCUT2D eigenvalue weighted by Crippen LogP contribution is 2.31. The van der Waals surface area contributed by atoms with Gasteiger partial charge in [-0.25, -0.2) is 0 Å². The minimum absolute atomic E-state index is 0.0489. The van der Waals surface area contributed by atoms with Crippen LogP contribution in [0.25, 0.3) is 12.2 Å². The zero-order chi connectivity index (χ0) is 25.3. The number of nitrogens with zero attached hydrogens (tertiary/aromatic N) is 1. The van der Waals surface area contributed by atoms with Gasteiger partial charge in [0.2, 0.25) is 5.91 Å². The number of hydrogen-bond donors (Lipinski definition) is 2. The molecule has 5 nitrogen and oxygen atoms in total. The van der Waals surface area contributed by atoms with E-state index in [1.54, 1.807) is 31.7 Å². The summed E-state index contributed by atoms with van der Waals surface area (Å²) in [6.07, 6.45) is 4.67. The highest BCUT2D eigenvalue weighted by Gasteiger charge is 2.37. The van der Waals surface area contributed by atoms with Crippen molar-refractivity contribution in [2.45, 2.75) is 50.7 Å². The number of carbonyl (C=O) groups excluding carboxylic acids is 1. The molecular weight excluding hydrogens is 456 g/mol. The van der Waals surface area contributed by atoms with Crippen molar-refractivity contribution in [2.24, 2.45) is 5.41 Å². The molecule has 0 aliphatic carbocycles. The van der Waals surface area contributed by atoms with Gasteiger partial charge in [0.05, 0.1) is 16.8 Å². The van der Waals surface area contributed by atoms with E-state index >= 15 is 0 Å². The lowest BCUT2D eigenvalue weighted by Gasteiger charge is -2.25. The maximum Gasteiger partial charge on any atom is 0.310 e. The van der Waals surface area contributed by atoms with Gasteiger partial charge in [0.15, 0.2) is 0 Å². The summed E-state index contributed by atoms with van der Waals surface area (Å²) < 4.78 is 0. The van der Waals surface area contributed by atoms with Gasteiger partial charge in [-0.1, -0.05) is 55.8 Å². The number of aromatic nitrogens is 1. The number of amides is 1. The van der Waals surface area contributed by atoms with E-state index in [-0.39, 0.29) is 12.3 Å². The first-order valence-electron chi connectivity index (χ1n) is 11.8. The minimum Gasteiger partial charge on any atom is -0.481 e. The van der Waals surface area contributed by atoms with Gasteiger partial charge in [-0.2, -0.15) is 0 Å². The fraction of sp³-hybridized carbons (Fsp3) is 0.276. The van der Waals surface area contributed by atoms with E-state index < -0.39 is 11.4 Å². The van der Waals surface area contributed by atoms with Crippen LogP contribution in [0.15, 0.2) is 71.6 Å². The number of anilines is 1. The summed E-state index contributed by atoms with van der Waals surface area (Å²) in [5.41, 5.74) is 3.64. The molecule has 0 saturated carbocycles. The summed E-state index contributed by atoms with van der Waals surface area (Å²) in [6, 6.07) is 21.9. The Bertz CT molecular complexity index is 1180. The third kappa shape index (κ3) is 7.55. The molecule has 3 rings (SSSR count). The third-order valence-electron chi connectivity index (χ3n) is 6.16. The molecule has 0 spiro atoms. The summed E-state index contributed by atoms with van der Waals surface area (Å²) in [5.74, 6) is -0.432. The molecule has 0 saturated heterocycles. The number of aliphatic carboxylic acids is 1. The second kappa shape index (κ2) is 12.4. The Morgan fingerprint density at radius 3 is 2.40 bits per heavy atom. The van der Waals surface area contributed by atoms with Crippen molar-refractivity contribution in [2.75, 3.05) is 5.32 Å². The molecule has 0 fully saturated rings. The van der Waals surface area contributed by atoms with Crippen LogP contribution in [0.4, 0.5) is 5.69 Å². The normalized spacial score (nSPS) is 11.5. The molecule has 0 atom stereocenters. The minimum atomic E-state index is -1.03. The first-order valence-corrected chi connectivity index (χ1v) is 12.8. The lowest BCUT2D eigenvalue weighted by molar-refractivity contribution is -0.151. The van der Waals surface area contributed by atoms with Gasteiger partial charge in [0.25, 0.3) is 0 Å². The van der Waals surface area contributed by atoms with Crippen molar-refractivity contribution in [1.82, 2.24) is 4.98 Å². The smallest absolute Gasteiger partial charge is 0.310 e. The molecule has 1 heterocycles. The van der Waals surface area contributed by atoms with Crippen LogP contribution in [-0.2, 0) is 15.3 Å². The Kier molecular flexibility index (Phi) is 9.26. The Morgan fingerprint density at radius 2 is 1.71 bits per heavy atom. The summed E-state index contributed by atoms with van der Waals surface area (Å²) >= 11 is 1.76. The fourth-order valence-corrected chi connectivity index (χ4v) is 4.56. The first-order chi connectivity index (χ1) is 16.8. The zero-order valence-corrected chi connectivity index (χ0v) is 21.3. The Labute approximate surface area is 211 Å². The molecule has 0 aliphatic heterocycles. The molecule has 2 N–H and O–H groups in total. The van der Waals surface area contributed by atoms with Crippen LogP contribution >= 0.6 is 11.8 Å². The quantitative estimate of drug-likeness (QED) is 0.282. The van der Waals surface area contributed by atoms with Crippen LogP contribution in [0.3, 0.4) is 0 Å². The van der Waals surface area contributed by atoms with Crippen LogP contribution in [0.2, 0.25) is 0 Å². The molecule has 0 unspecified atom stereocenters. The van der Waals surface area contributed by atoms with Gasteiger partial charge in [-0.05, 0) is 67.8 Å². The van der Waals surface area contributed by atoms with Crippen LogP contribution in [0, 0.1) is 12.3 Å². The molecule has 0 radical (unpaired) electrons. The Balaban J connectivity index is 1.63. The van der Waals surface area contributed by atoms with E-state index in [0.717, 1.165) is 22.7 Å². The molecular formula is C29H32N2O3S. The average molecular weight is 489 g/mol. The molecule has 1 aromatic heterocycles. The fourth-order valence-electron chi connectivity index (χ4n) is 3.76. The standard InChI is InChI=1S/C29H32N2O3S/c1-4-29(5-2,28(33)34)19-27(32)31-24-10-6-8-22(18-24)14-15-23-9-7-11-25(30-23)20-35-26-16-12-21(3)13-17-26/h6-18H,4-5,19-20H2,1-3H3,(H,31,32)(H,33,34)/b15-14+. The first kappa shape index (κ1) is 26.2. The number of aryl methyl sites for hydroxylation is 1. The lowest BCUT2D eigenvalue weighted by Crippen LogP contribution is -2.34. The highest BCUT2D eigenvalue weighted by molar-refractivity contribution is 7.98. The summed E-state index contributed by atoms with van der Waals surface area (Å²) in [4.78, 5) is 30.2. The number of hydrogen-bond acceptors (Lipinski definition) is 4. The topological polar surface area (TPSA) is 79.3 Å². The predicted molar refractivity (Wildman–Crippen MR) is 144 cm³/mol. The largest absolute Gasteiger partial charge is 0.481 e. The van der Waals surface area contributed by atoms with Gasteiger partial charge in [-0.3, -0.25) is 14.6 Å². The lowest BCUT2D eigenvalue weighted by atomic mass is 9.79. The highest BCUT2D eigenvalue weighted by atomic mass is 32.2. The molecule has 35 heavy (non-hydrogen) atoms. The summed E-state index contributed by atoms with van der Waals surface area (Å²) in [6.45, 7) is 5.69. The zero-order valence-electron chi connectivity index (χ0n) is 20.5. The van der Waals surface area contributed by atoms with Crippen LogP contribution in [0.1, 0.15) is 55.6 Å². The second-order valence-corrected chi connectivity index (χ2v) is 9.68. The van der Waals surface area contributed by atoms with E-state index in [1.165, 1.54) is 10.5 Å². The van der Waals surface area contributed by atoms with Gasteiger partial charge in [-0.15, -0.1) is 11.8 Å². The van der Waals surface area contributed by atoms with E-state index in [0.29, 0.717) is 18.5 Å². The molecule has 0 aliphatic rings. The maximum atomic E-state index is 12.6. The number of rotatable bonds is 11. The van der Waals surface area contributed by atoms with Crippen molar-refractivity contribution < 1.29 is 14.7 Å². The Morgan fingerprint density at radius 1 is 1.00 bits per heavy atom. The second-order valence-electron chi connectivity index (χ2n) is 8.63. The SMILES string of the molecule is CCC(CC)(CC(=O)Nc1cccc(/C=C/c2cccc(CSc3ccc(C)cc3)n2)c1)C(=O)O. The van der Waals surface area contributed by atoms with E-state index in [4.69, 9.17) is 4.98 Å². The number of benzene rings is 2. The van der Waals surface area contributed by atoms with Crippen molar-refractivity contribution >= 4 is 41.5 Å². The van der Waals surface area contributed by atoms with Crippen LogP contribution in [-0.4, -0.2) is 22.0 Å². The number of carboxylic acids is 1. The molecule has 3 aromatic rings. The predicted octanol–water partition coefficient (Wildman–Crippen LogP) is 7.07. The van der Waals surface area contributed by atoms with Crippen molar-refractivity contribution in [3.8, 4) is 0 Å². The van der Waals surface area contributed by atoms with E-state index in [1.807, 2.05) is 48.6 Å². The molecule has 0 bridgehead atoms. The molecule has 6 heteroatoms. The van der Waals surface area contributed by atoms with Crippen LogP contribution in [0.5, 0.6) is 0 Å². The number of pyridine rings is 1. The number of carbonyl (C=O) groups is 2. The third-order valence-corrected chi connectivity index (χ3v) is 7.20. The van der Waals surface area contributed by atoms with Crippen molar-refractivity contribution in [3.63, 3.8) is 0 Å². The van der Waals surface area contributed by atoms with Crippen LogP contribution < -0.4 is 5.32 Å². The monoisotopic (exact) mass is 488 g/mol.